The van der Waals surface area contributed by atoms with Crippen LogP contribution in [-0.4, -0.2) is 17.1 Å². The Bertz CT molecular complexity index is 425. The highest BCUT2D eigenvalue weighted by Gasteiger charge is 2.21. The van der Waals surface area contributed by atoms with Crippen molar-refractivity contribution in [2.75, 3.05) is 12.3 Å². The van der Waals surface area contributed by atoms with E-state index in [1.807, 2.05) is 0 Å². The number of aryl methyl sites for hydroxylation is 1. The van der Waals surface area contributed by atoms with Gasteiger partial charge in [-0.15, -0.1) is 0 Å². The Morgan fingerprint density at radius 1 is 1.56 bits per heavy atom. The Labute approximate surface area is 108 Å². The second-order valence-electron chi connectivity index (χ2n) is 5.51. The lowest BCUT2D eigenvalue weighted by Crippen LogP contribution is -2.21. The van der Waals surface area contributed by atoms with Gasteiger partial charge in [-0.2, -0.15) is 0 Å². The van der Waals surface area contributed by atoms with Crippen molar-refractivity contribution in [3.63, 3.8) is 0 Å². The number of carbonyl (C=O) groups excluding carboxylic acids is 1. The lowest BCUT2D eigenvalue weighted by Gasteiger charge is -2.26. The van der Waals surface area contributed by atoms with Crippen molar-refractivity contribution in [2.45, 2.75) is 32.6 Å². The summed E-state index contributed by atoms with van der Waals surface area (Å²) >= 11 is 0. The Balaban J connectivity index is 1.86. The number of ether oxygens (including phenoxy) is 1. The molecule has 2 unspecified atom stereocenters. The fourth-order valence-electron chi connectivity index (χ4n) is 2.77. The fraction of sp³-hybridized carbons (Fsp3) is 0.643. The Kier molecular flexibility index (Phi) is 3.94. The minimum atomic E-state index is -0.271. The molecule has 0 spiro atoms. The summed E-state index contributed by atoms with van der Waals surface area (Å²) in [5.74, 6) is 1.01. The predicted octanol–water partition coefficient (Wildman–Crippen LogP) is 2.59. The van der Waals surface area contributed by atoms with Gasteiger partial charge in [0.15, 0.2) is 0 Å². The minimum absolute atomic E-state index is 0.271. The van der Waals surface area contributed by atoms with Crippen molar-refractivity contribution in [2.24, 2.45) is 18.9 Å². The number of nitrogens with two attached hydrogens (primary N) is 1. The second-order valence-corrected chi connectivity index (χ2v) is 5.51. The highest BCUT2D eigenvalue weighted by Crippen LogP contribution is 2.28. The van der Waals surface area contributed by atoms with Gasteiger partial charge < -0.3 is 15.0 Å². The maximum absolute atomic E-state index is 11.9. The molecule has 1 saturated carbocycles. The molecule has 0 bridgehead atoms. The fourth-order valence-corrected chi connectivity index (χ4v) is 2.77. The van der Waals surface area contributed by atoms with Crippen LogP contribution in [-0.2, 0) is 11.8 Å². The predicted molar refractivity (Wildman–Crippen MR) is 71.2 cm³/mol. The summed E-state index contributed by atoms with van der Waals surface area (Å²) in [5.41, 5.74) is 6.76. The molecule has 100 valence electrons. The molecule has 2 atom stereocenters. The number of anilines is 1. The summed E-state index contributed by atoms with van der Waals surface area (Å²) in [7, 11) is 1.80. The Hall–Kier alpha value is -1.45. The first-order chi connectivity index (χ1) is 8.56. The number of hydrogen-bond donors (Lipinski definition) is 1. The zero-order valence-electron chi connectivity index (χ0n) is 11.2. The molecular weight excluding hydrogens is 228 g/mol. The molecule has 1 aliphatic carbocycles. The third-order valence-electron chi connectivity index (χ3n) is 3.73. The molecule has 0 saturated heterocycles. The molecule has 0 aromatic carbocycles. The van der Waals surface area contributed by atoms with Crippen LogP contribution in [0.25, 0.3) is 0 Å². The van der Waals surface area contributed by atoms with E-state index in [0.717, 1.165) is 5.92 Å². The molecule has 1 fully saturated rings. The lowest BCUT2D eigenvalue weighted by atomic mass is 9.83. The molecule has 1 heterocycles. The summed E-state index contributed by atoms with van der Waals surface area (Å²) in [5, 5.41) is 0. The quantitative estimate of drug-likeness (QED) is 0.839. The van der Waals surface area contributed by atoms with Crippen LogP contribution in [0.4, 0.5) is 5.69 Å². The van der Waals surface area contributed by atoms with Crippen LogP contribution in [0.15, 0.2) is 12.3 Å². The van der Waals surface area contributed by atoms with Crippen molar-refractivity contribution in [1.29, 1.82) is 0 Å². The van der Waals surface area contributed by atoms with Gasteiger partial charge in [-0.1, -0.05) is 19.8 Å². The van der Waals surface area contributed by atoms with Crippen molar-refractivity contribution < 1.29 is 9.53 Å². The van der Waals surface area contributed by atoms with Crippen LogP contribution >= 0.6 is 0 Å². The summed E-state index contributed by atoms with van der Waals surface area (Å²) in [6.07, 6.45) is 6.62. The Morgan fingerprint density at radius 3 is 2.94 bits per heavy atom. The van der Waals surface area contributed by atoms with Crippen LogP contribution in [0.5, 0.6) is 0 Å². The number of rotatable bonds is 3. The first kappa shape index (κ1) is 13.0. The standard InChI is InChI=1S/C14H22N2O2/c1-10-4-3-5-11(6-10)9-18-14(17)13-7-12(15)8-16(13)2/h7-8,10-11H,3-6,9,15H2,1-2H3. The summed E-state index contributed by atoms with van der Waals surface area (Å²) in [6.45, 7) is 2.81. The van der Waals surface area contributed by atoms with Gasteiger partial charge in [-0.05, 0) is 30.7 Å². The molecule has 2 rings (SSSR count). The number of hydrogen-bond acceptors (Lipinski definition) is 3. The lowest BCUT2D eigenvalue weighted by molar-refractivity contribution is 0.0380. The molecular formula is C14H22N2O2. The van der Waals surface area contributed by atoms with E-state index >= 15 is 0 Å². The highest BCUT2D eigenvalue weighted by molar-refractivity contribution is 5.89. The van der Waals surface area contributed by atoms with E-state index in [9.17, 15) is 4.79 Å². The van der Waals surface area contributed by atoms with Gasteiger partial charge in [0, 0.05) is 13.2 Å². The van der Waals surface area contributed by atoms with Crippen LogP contribution in [0.3, 0.4) is 0 Å². The van der Waals surface area contributed by atoms with Crippen LogP contribution in [0.1, 0.15) is 43.1 Å². The third kappa shape index (κ3) is 3.06. The molecule has 1 aromatic heterocycles. The van der Waals surface area contributed by atoms with Crippen molar-refractivity contribution >= 4 is 11.7 Å². The number of carbonyl (C=O) groups is 1. The summed E-state index contributed by atoms with van der Waals surface area (Å²) < 4.78 is 7.10. The number of aromatic nitrogens is 1. The number of nitrogen functional groups attached to an aromatic ring is 1. The van der Waals surface area contributed by atoms with Gasteiger partial charge in [0.05, 0.1) is 12.3 Å². The maximum atomic E-state index is 11.9. The minimum Gasteiger partial charge on any atom is -0.461 e. The van der Waals surface area contributed by atoms with Gasteiger partial charge in [-0.3, -0.25) is 0 Å². The SMILES string of the molecule is CC1CCCC(COC(=O)c2cc(N)cn2C)C1. The van der Waals surface area contributed by atoms with E-state index in [0.29, 0.717) is 23.9 Å². The largest absolute Gasteiger partial charge is 0.461 e. The average Bonchev–Trinajstić information content (AvgIpc) is 2.66. The van der Waals surface area contributed by atoms with E-state index in [-0.39, 0.29) is 5.97 Å². The number of nitrogens with zero attached hydrogens (tertiary/aromatic N) is 1. The van der Waals surface area contributed by atoms with E-state index in [2.05, 4.69) is 6.92 Å². The van der Waals surface area contributed by atoms with Gasteiger partial charge in [-0.25, -0.2) is 4.79 Å². The smallest absolute Gasteiger partial charge is 0.355 e. The molecule has 0 aliphatic heterocycles. The van der Waals surface area contributed by atoms with Gasteiger partial charge in [0.2, 0.25) is 0 Å². The number of esters is 1. The second kappa shape index (κ2) is 5.46. The molecule has 2 N–H and O–H groups in total. The normalized spacial score (nSPS) is 23.9. The van der Waals surface area contributed by atoms with Crippen LogP contribution in [0.2, 0.25) is 0 Å². The maximum Gasteiger partial charge on any atom is 0.355 e. The van der Waals surface area contributed by atoms with Gasteiger partial charge in [0.25, 0.3) is 0 Å². The van der Waals surface area contributed by atoms with E-state index in [1.54, 1.807) is 23.9 Å². The van der Waals surface area contributed by atoms with Crippen molar-refractivity contribution in [1.82, 2.24) is 4.57 Å². The van der Waals surface area contributed by atoms with Gasteiger partial charge >= 0.3 is 5.97 Å². The van der Waals surface area contributed by atoms with Crippen molar-refractivity contribution in [3.8, 4) is 0 Å². The van der Waals surface area contributed by atoms with Crippen LogP contribution in [0, 0.1) is 11.8 Å². The monoisotopic (exact) mass is 250 g/mol. The topological polar surface area (TPSA) is 57.2 Å². The van der Waals surface area contributed by atoms with E-state index in [4.69, 9.17) is 10.5 Å². The van der Waals surface area contributed by atoms with E-state index in [1.165, 1.54) is 25.7 Å². The molecule has 4 nitrogen and oxygen atoms in total. The molecule has 0 radical (unpaired) electrons. The van der Waals surface area contributed by atoms with Crippen molar-refractivity contribution in [3.05, 3.63) is 18.0 Å². The Morgan fingerprint density at radius 2 is 2.33 bits per heavy atom. The summed E-state index contributed by atoms with van der Waals surface area (Å²) in [4.78, 5) is 11.9. The first-order valence-corrected chi connectivity index (χ1v) is 6.65. The molecule has 1 aliphatic rings. The zero-order valence-corrected chi connectivity index (χ0v) is 11.2. The molecule has 18 heavy (non-hydrogen) atoms. The molecule has 4 heteroatoms. The molecule has 0 amide bonds. The molecule has 1 aromatic rings. The highest BCUT2D eigenvalue weighted by atomic mass is 16.5. The zero-order chi connectivity index (χ0) is 13.1. The van der Waals surface area contributed by atoms with Gasteiger partial charge in [0.1, 0.15) is 5.69 Å². The third-order valence-corrected chi connectivity index (χ3v) is 3.73. The van der Waals surface area contributed by atoms with E-state index < -0.39 is 0 Å². The summed E-state index contributed by atoms with van der Waals surface area (Å²) in [6, 6.07) is 1.66. The van der Waals surface area contributed by atoms with Crippen LogP contribution < -0.4 is 5.73 Å². The first-order valence-electron chi connectivity index (χ1n) is 6.65. The average molecular weight is 250 g/mol.